The van der Waals surface area contributed by atoms with E-state index >= 15 is 0 Å². The first-order valence-corrected chi connectivity index (χ1v) is 8.23. The normalized spacial score (nSPS) is 10.8. The summed E-state index contributed by atoms with van der Waals surface area (Å²) in [6.07, 6.45) is 0.0837. The largest absolute Gasteiger partial charge is 0.329 e. The van der Waals surface area contributed by atoms with E-state index in [9.17, 15) is 19.7 Å². The Kier molecular flexibility index (Phi) is 4.83. The maximum absolute atomic E-state index is 12.5. The van der Waals surface area contributed by atoms with Crippen molar-refractivity contribution in [1.82, 2.24) is 9.13 Å². The van der Waals surface area contributed by atoms with Gasteiger partial charge >= 0.3 is 5.69 Å². The summed E-state index contributed by atoms with van der Waals surface area (Å²) in [7, 11) is 0. The van der Waals surface area contributed by atoms with Crippen LogP contribution in [0.3, 0.4) is 0 Å². The van der Waals surface area contributed by atoms with Crippen LogP contribution in [0.4, 0.5) is 11.4 Å². The molecule has 8 heteroatoms. The van der Waals surface area contributed by atoms with Crippen LogP contribution in [-0.2, 0) is 17.9 Å². The standard InChI is InChI=1S/C18H18N4O4/c1-2-20-15-8-3-4-9-16(15)21(18(20)24)11-10-17(23)19-13-6-5-7-14(12-13)22(25)26/h3-9,12H,2,10-11H2,1H3,(H,19,23). The van der Waals surface area contributed by atoms with Crippen LogP contribution in [0.15, 0.2) is 53.3 Å². The number of aryl methyl sites for hydroxylation is 2. The number of nitrogens with zero attached hydrogens (tertiary/aromatic N) is 3. The minimum atomic E-state index is -0.519. The van der Waals surface area contributed by atoms with E-state index in [0.29, 0.717) is 12.2 Å². The predicted molar refractivity (Wildman–Crippen MR) is 98.2 cm³/mol. The lowest BCUT2D eigenvalue weighted by molar-refractivity contribution is -0.384. The molecule has 0 saturated heterocycles. The lowest BCUT2D eigenvalue weighted by Gasteiger charge is -2.06. The highest BCUT2D eigenvalue weighted by Gasteiger charge is 2.13. The third-order valence-electron chi connectivity index (χ3n) is 4.14. The molecule has 0 radical (unpaired) electrons. The van der Waals surface area contributed by atoms with Crippen LogP contribution >= 0.6 is 0 Å². The van der Waals surface area contributed by atoms with E-state index < -0.39 is 4.92 Å². The first-order chi connectivity index (χ1) is 12.5. The van der Waals surface area contributed by atoms with Crippen molar-refractivity contribution >= 4 is 28.3 Å². The van der Waals surface area contributed by atoms with Gasteiger partial charge in [0.1, 0.15) is 0 Å². The Balaban J connectivity index is 1.75. The lowest BCUT2D eigenvalue weighted by atomic mass is 10.2. The second kappa shape index (κ2) is 7.22. The minimum Gasteiger partial charge on any atom is -0.326 e. The minimum absolute atomic E-state index is 0.0837. The topological polar surface area (TPSA) is 99.2 Å². The van der Waals surface area contributed by atoms with Crippen LogP contribution in [0.1, 0.15) is 13.3 Å². The van der Waals surface area contributed by atoms with Gasteiger partial charge in [-0.15, -0.1) is 0 Å². The molecular weight excluding hydrogens is 336 g/mol. The number of benzene rings is 2. The van der Waals surface area contributed by atoms with Gasteiger partial charge in [0.2, 0.25) is 5.91 Å². The Morgan fingerprint density at radius 1 is 1.12 bits per heavy atom. The second-order valence-corrected chi connectivity index (χ2v) is 5.77. The van der Waals surface area contributed by atoms with Gasteiger partial charge in [0.05, 0.1) is 16.0 Å². The van der Waals surface area contributed by atoms with E-state index in [4.69, 9.17) is 0 Å². The number of fused-ring (bicyclic) bond motifs is 1. The zero-order valence-electron chi connectivity index (χ0n) is 14.2. The van der Waals surface area contributed by atoms with Gasteiger partial charge < -0.3 is 5.32 Å². The van der Waals surface area contributed by atoms with E-state index in [2.05, 4.69) is 5.32 Å². The Morgan fingerprint density at radius 2 is 1.81 bits per heavy atom. The summed E-state index contributed by atoms with van der Waals surface area (Å²) >= 11 is 0. The second-order valence-electron chi connectivity index (χ2n) is 5.77. The number of hydrogen-bond acceptors (Lipinski definition) is 4. The molecule has 2 aromatic carbocycles. The van der Waals surface area contributed by atoms with Crippen LogP contribution < -0.4 is 11.0 Å². The maximum atomic E-state index is 12.5. The van der Waals surface area contributed by atoms with Crippen molar-refractivity contribution in [2.75, 3.05) is 5.32 Å². The third-order valence-corrected chi connectivity index (χ3v) is 4.14. The Hall–Kier alpha value is -3.42. The van der Waals surface area contributed by atoms with Crippen molar-refractivity contribution in [3.63, 3.8) is 0 Å². The van der Waals surface area contributed by atoms with Crippen LogP contribution in [0.5, 0.6) is 0 Å². The summed E-state index contributed by atoms with van der Waals surface area (Å²) in [5, 5.41) is 13.4. The van der Waals surface area contributed by atoms with Crippen molar-refractivity contribution in [3.05, 3.63) is 69.1 Å². The number of hydrogen-bond donors (Lipinski definition) is 1. The molecule has 0 aliphatic rings. The molecule has 1 heterocycles. The molecule has 0 saturated carbocycles. The van der Waals surface area contributed by atoms with E-state index in [1.807, 2.05) is 31.2 Å². The van der Waals surface area contributed by atoms with Crippen molar-refractivity contribution in [2.24, 2.45) is 0 Å². The molecule has 1 N–H and O–H groups in total. The van der Waals surface area contributed by atoms with Gasteiger partial charge in [-0.2, -0.15) is 0 Å². The number of non-ortho nitro benzene ring substituents is 1. The quantitative estimate of drug-likeness (QED) is 0.543. The molecule has 0 unspecified atom stereocenters. The van der Waals surface area contributed by atoms with E-state index in [1.54, 1.807) is 15.2 Å². The smallest absolute Gasteiger partial charge is 0.326 e. The summed E-state index contributed by atoms with van der Waals surface area (Å²) in [6.45, 7) is 2.67. The molecule has 134 valence electrons. The number of nitrogens with one attached hydrogen (secondary N) is 1. The van der Waals surface area contributed by atoms with Crippen LogP contribution in [0.2, 0.25) is 0 Å². The fourth-order valence-corrected chi connectivity index (χ4v) is 2.93. The van der Waals surface area contributed by atoms with Crippen molar-refractivity contribution in [1.29, 1.82) is 0 Å². The number of imidazole rings is 1. The molecule has 0 bridgehead atoms. The average molecular weight is 354 g/mol. The molecule has 0 atom stereocenters. The highest BCUT2D eigenvalue weighted by atomic mass is 16.6. The number of nitro benzene ring substituents is 1. The van der Waals surface area contributed by atoms with Crippen molar-refractivity contribution < 1.29 is 9.72 Å². The van der Waals surface area contributed by atoms with Gasteiger partial charge in [0.15, 0.2) is 0 Å². The molecule has 3 aromatic rings. The monoisotopic (exact) mass is 354 g/mol. The van der Waals surface area contributed by atoms with Gasteiger partial charge in [0, 0.05) is 37.3 Å². The van der Waals surface area contributed by atoms with Crippen LogP contribution in [-0.4, -0.2) is 20.0 Å². The highest BCUT2D eigenvalue weighted by Crippen LogP contribution is 2.17. The number of aromatic nitrogens is 2. The van der Waals surface area contributed by atoms with Gasteiger partial charge in [0.25, 0.3) is 5.69 Å². The van der Waals surface area contributed by atoms with E-state index in [0.717, 1.165) is 11.0 Å². The molecule has 1 amide bonds. The Bertz CT molecular complexity index is 1040. The number of rotatable bonds is 6. The van der Waals surface area contributed by atoms with E-state index in [-0.39, 0.29) is 30.2 Å². The highest BCUT2D eigenvalue weighted by molar-refractivity contribution is 5.91. The molecule has 3 rings (SSSR count). The SMILES string of the molecule is CCn1c(=O)n(CCC(=O)Nc2cccc([N+](=O)[O-])c2)c2ccccc21. The molecule has 26 heavy (non-hydrogen) atoms. The third kappa shape index (κ3) is 3.34. The van der Waals surface area contributed by atoms with Gasteiger partial charge in [-0.05, 0) is 25.1 Å². The van der Waals surface area contributed by atoms with Crippen molar-refractivity contribution in [3.8, 4) is 0 Å². The molecule has 1 aromatic heterocycles. The number of para-hydroxylation sites is 2. The summed E-state index contributed by atoms with van der Waals surface area (Å²) in [5.41, 5.74) is 1.72. The summed E-state index contributed by atoms with van der Waals surface area (Å²) in [4.78, 5) is 35.0. The van der Waals surface area contributed by atoms with Gasteiger partial charge in [-0.1, -0.05) is 18.2 Å². The Labute approximate surface area is 148 Å². The summed E-state index contributed by atoms with van der Waals surface area (Å²) < 4.78 is 3.24. The molecular formula is C18H18N4O4. The zero-order chi connectivity index (χ0) is 18.7. The first kappa shape index (κ1) is 17.4. The molecule has 0 aliphatic carbocycles. The van der Waals surface area contributed by atoms with E-state index in [1.165, 1.54) is 18.2 Å². The molecule has 0 spiro atoms. The zero-order valence-corrected chi connectivity index (χ0v) is 14.2. The molecule has 0 aliphatic heterocycles. The van der Waals surface area contributed by atoms with Gasteiger partial charge in [-0.3, -0.25) is 24.0 Å². The molecule has 8 nitrogen and oxygen atoms in total. The number of carbonyl (C=O) groups is 1. The fourth-order valence-electron chi connectivity index (χ4n) is 2.93. The molecule has 0 fully saturated rings. The predicted octanol–water partition coefficient (Wildman–Crippen LogP) is 2.76. The van der Waals surface area contributed by atoms with Crippen LogP contribution in [0.25, 0.3) is 11.0 Å². The van der Waals surface area contributed by atoms with Crippen molar-refractivity contribution in [2.45, 2.75) is 26.4 Å². The number of anilines is 1. The lowest BCUT2D eigenvalue weighted by Crippen LogP contribution is -2.25. The number of amides is 1. The fraction of sp³-hybridized carbons (Fsp3) is 0.222. The average Bonchev–Trinajstić information content (AvgIpc) is 2.91. The van der Waals surface area contributed by atoms with Crippen LogP contribution in [0, 0.1) is 10.1 Å². The summed E-state index contributed by atoms with van der Waals surface area (Å²) in [5.74, 6) is -0.314. The number of carbonyl (C=O) groups excluding carboxylic acids is 1. The maximum Gasteiger partial charge on any atom is 0.329 e. The first-order valence-electron chi connectivity index (χ1n) is 8.23. The van der Waals surface area contributed by atoms with Gasteiger partial charge in [-0.25, -0.2) is 4.79 Å². The Morgan fingerprint density at radius 3 is 2.46 bits per heavy atom. The number of nitro groups is 1. The summed E-state index contributed by atoms with van der Waals surface area (Å²) in [6, 6.07) is 13.2.